The summed E-state index contributed by atoms with van der Waals surface area (Å²) in [6.07, 6.45) is 0. The number of hydrogen-bond acceptors (Lipinski definition) is 4. The second-order valence-electron chi connectivity index (χ2n) is 2.56. The van der Waals surface area contributed by atoms with E-state index in [0.29, 0.717) is 0 Å². The Morgan fingerprint density at radius 1 is 1.47 bits per heavy atom. The van der Waals surface area contributed by atoms with Crippen molar-refractivity contribution < 1.29 is 21.8 Å². The molecule has 1 rings (SSSR count). The molecule has 0 N–H and O–H groups in total. The van der Waals surface area contributed by atoms with Crippen LogP contribution in [-0.4, -0.2) is 22.3 Å². The Morgan fingerprint density at radius 2 is 2.13 bits per heavy atom. The molecule has 1 aromatic carbocycles. The monoisotopic (exact) mass is 254 g/mol. The molecule has 15 heavy (non-hydrogen) atoms. The Labute approximate surface area is 91.8 Å². The van der Waals surface area contributed by atoms with Crippen molar-refractivity contribution in [2.75, 3.05) is 13.9 Å². The second-order valence-corrected chi connectivity index (χ2v) is 4.25. The summed E-state index contributed by atoms with van der Waals surface area (Å²) in [4.78, 5) is -0.677. The zero-order valence-electron chi connectivity index (χ0n) is 7.74. The molecule has 0 saturated heterocycles. The third-order valence-electron chi connectivity index (χ3n) is 1.51. The van der Waals surface area contributed by atoms with E-state index < -0.39 is 15.1 Å². The number of ether oxygens (including phenoxy) is 2. The summed E-state index contributed by atoms with van der Waals surface area (Å²) < 4.78 is 43.8. The van der Waals surface area contributed by atoms with Gasteiger partial charge in [-0.25, -0.2) is 0 Å². The second kappa shape index (κ2) is 4.78. The first kappa shape index (κ1) is 12.2. The van der Waals surface area contributed by atoms with Gasteiger partial charge in [0.15, 0.2) is 11.7 Å². The van der Waals surface area contributed by atoms with Gasteiger partial charge in [0.25, 0.3) is 0 Å². The maximum Gasteiger partial charge on any atom is 0.337 e. The zero-order valence-corrected chi connectivity index (χ0v) is 9.31. The lowest BCUT2D eigenvalue weighted by Crippen LogP contribution is -2.04. The molecule has 0 atom stereocenters. The largest absolute Gasteiger partial charge is 0.466 e. The van der Waals surface area contributed by atoms with E-state index in [2.05, 4.69) is 4.74 Å². The first-order chi connectivity index (χ1) is 6.96. The molecule has 7 heteroatoms. The molecule has 0 aliphatic heterocycles. The van der Waals surface area contributed by atoms with Gasteiger partial charge in [-0.05, 0) is 12.1 Å². The maximum atomic E-state index is 12.8. The SMILES string of the molecule is COCOc1cccc(Cl)c1S(=O)(=O)F. The van der Waals surface area contributed by atoms with Gasteiger partial charge in [0.2, 0.25) is 0 Å². The average molecular weight is 255 g/mol. The highest BCUT2D eigenvalue weighted by Crippen LogP contribution is 2.32. The van der Waals surface area contributed by atoms with Crippen molar-refractivity contribution in [2.24, 2.45) is 0 Å². The van der Waals surface area contributed by atoms with Crippen LogP contribution in [0.5, 0.6) is 5.75 Å². The standard InChI is InChI=1S/C8H8ClFO4S/c1-13-5-14-7-4-2-3-6(9)8(7)15(10,11)12/h2-4H,5H2,1H3. The van der Waals surface area contributed by atoms with Gasteiger partial charge in [-0.15, -0.1) is 3.89 Å². The molecular weight excluding hydrogens is 247 g/mol. The van der Waals surface area contributed by atoms with Crippen molar-refractivity contribution in [3.05, 3.63) is 23.2 Å². The van der Waals surface area contributed by atoms with Gasteiger partial charge in [-0.3, -0.25) is 0 Å². The predicted octanol–water partition coefficient (Wildman–Crippen LogP) is 1.98. The Bertz CT molecular complexity index is 446. The Hall–Kier alpha value is -0.850. The molecule has 0 radical (unpaired) electrons. The van der Waals surface area contributed by atoms with Crippen LogP contribution in [0.15, 0.2) is 23.1 Å². The molecule has 0 heterocycles. The van der Waals surface area contributed by atoms with E-state index in [0.717, 1.165) is 0 Å². The van der Waals surface area contributed by atoms with Crippen LogP contribution in [0.25, 0.3) is 0 Å². The van der Waals surface area contributed by atoms with Crippen molar-refractivity contribution >= 4 is 21.8 Å². The molecule has 0 saturated carbocycles. The fourth-order valence-corrected chi connectivity index (χ4v) is 2.07. The van der Waals surface area contributed by atoms with Gasteiger partial charge in [0.05, 0.1) is 5.02 Å². The molecule has 0 unspecified atom stereocenters. The molecule has 0 fully saturated rings. The topological polar surface area (TPSA) is 52.6 Å². The fourth-order valence-electron chi connectivity index (χ4n) is 0.962. The minimum absolute atomic E-state index is 0.174. The molecular formula is C8H8ClFO4S. The summed E-state index contributed by atoms with van der Waals surface area (Å²) in [6.45, 7) is -0.192. The molecule has 0 aromatic heterocycles. The van der Waals surface area contributed by atoms with Crippen molar-refractivity contribution in [1.82, 2.24) is 0 Å². The van der Waals surface area contributed by atoms with Crippen LogP contribution in [0.4, 0.5) is 3.89 Å². The summed E-state index contributed by atoms with van der Waals surface area (Å²) in [6, 6.07) is 3.99. The van der Waals surface area contributed by atoms with Gasteiger partial charge in [-0.1, -0.05) is 17.7 Å². The molecule has 4 nitrogen and oxygen atoms in total. The minimum Gasteiger partial charge on any atom is -0.466 e. The van der Waals surface area contributed by atoms with Crippen LogP contribution < -0.4 is 4.74 Å². The highest BCUT2D eigenvalue weighted by Gasteiger charge is 2.22. The van der Waals surface area contributed by atoms with Crippen molar-refractivity contribution in [2.45, 2.75) is 4.90 Å². The third-order valence-corrected chi connectivity index (χ3v) is 2.84. The first-order valence-electron chi connectivity index (χ1n) is 3.81. The van der Waals surface area contributed by atoms with E-state index in [-0.39, 0.29) is 17.6 Å². The van der Waals surface area contributed by atoms with Crippen LogP contribution in [0, 0.1) is 0 Å². The van der Waals surface area contributed by atoms with Gasteiger partial charge < -0.3 is 9.47 Å². The van der Waals surface area contributed by atoms with Crippen LogP contribution >= 0.6 is 11.6 Å². The highest BCUT2D eigenvalue weighted by atomic mass is 35.5. The predicted molar refractivity (Wildman–Crippen MR) is 52.2 cm³/mol. The van der Waals surface area contributed by atoms with E-state index in [1.54, 1.807) is 0 Å². The van der Waals surface area contributed by atoms with Crippen LogP contribution in [0.2, 0.25) is 5.02 Å². The zero-order chi connectivity index (χ0) is 11.5. The molecule has 84 valence electrons. The Morgan fingerprint density at radius 3 is 2.67 bits per heavy atom. The molecule has 0 aliphatic rings. The lowest BCUT2D eigenvalue weighted by molar-refractivity contribution is 0.0490. The van der Waals surface area contributed by atoms with Crippen LogP contribution in [0.1, 0.15) is 0 Å². The summed E-state index contributed by atoms with van der Waals surface area (Å²) in [5, 5.41) is -0.230. The highest BCUT2D eigenvalue weighted by molar-refractivity contribution is 7.86. The fraction of sp³-hybridized carbons (Fsp3) is 0.250. The molecule has 1 aromatic rings. The quantitative estimate of drug-likeness (QED) is 0.609. The van der Waals surface area contributed by atoms with Crippen LogP contribution in [0.3, 0.4) is 0 Å². The van der Waals surface area contributed by atoms with E-state index in [4.69, 9.17) is 16.3 Å². The average Bonchev–Trinajstić information content (AvgIpc) is 2.12. The van der Waals surface area contributed by atoms with Gasteiger partial charge in [0.1, 0.15) is 5.75 Å². The van der Waals surface area contributed by atoms with Gasteiger partial charge in [0, 0.05) is 7.11 Å². The van der Waals surface area contributed by atoms with Crippen LogP contribution in [-0.2, 0) is 15.0 Å². The summed E-state index contributed by atoms with van der Waals surface area (Å²) in [5.41, 5.74) is 0. The normalized spacial score (nSPS) is 11.4. The van der Waals surface area contributed by atoms with Crippen molar-refractivity contribution in [3.63, 3.8) is 0 Å². The summed E-state index contributed by atoms with van der Waals surface area (Å²) in [5.74, 6) is -0.174. The smallest absolute Gasteiger partial charge is 0.337 e. The number of halogens is 2. The Balaban J connectivity index is 3.21. The Kier molecular flexibility index (Phi) is 3.90. The molecule has 0 amide bonds. The van der Waals surface area contributed by atoms with Gasteiger partial charge in [-0.2, -0.15) is 8.42 Å². The number of rotatable bonds is 4. The van der Waals surface area contributed by atoms with Gasteiger partial charge >= 0.3 is 10.2 Å². The number of hydrogen-bond donors (Lipinski definition) is 0. The molecule has 0 bridgehead atoms. The van der Waals surface area contributed by atoms with Crippen molar-refractivity contribution in [1.29, 1.82) is 0 Å². The summed E-state index contributed by atoms with van der Waals surface area (Å²) in [7, 11) is -3.55. The molecule has 0 spiro atoms. The van der Waals surface area contributed by atoms with Crippen molar-refractivity contribution in [3.8, 4) is 5.75 Å². The summed E-state index contributed by atoms with van der Waals surface area (Å²) >= 11 is 5.55. The third kappa shape index (κ3) is 3.05. The van der Waals surface area contributed by atoms with E-state index in [1.807, 2.05) is 0 Å². The van der Waals surface area contributed by atoms with E-state index >= 15 is 0 Å². The lowest BCUT2D eigenvalue weighted by atomic mass is 10.3. The number of methoxy groups -OCH3 is 1. The lowest BCUT2D eigenvalue weighted by Gasteiger charge is -2.08. The van der Waals surface area contributed by atoms with E-state index in [9.17, 15) is 12.3 Å². The number of benzene rings is 1. The first-order valence-corrected chi connectivity index (χ1v) is 5.58. The minimum atomic E-state index is -4.91. The van der Waals surface area contributed by atoms with E-state index in [1.165, 1.54) is 25.3 Å². The molecule has 0 aliphatic carbocycles. The maximum absolute atomic E-state index is 12.8.